The third-order valence-electron chi connectivity index (χ3n) is 2.47. The van der Waals surface area contributed by atoms with E-state index in [4.69, 9.17) is 9.52 Å². The zero-order valence-corrected chi connectivity index (χ0v) is 13.2. The number of rotatable bonds is 3. The van der Waals surface area contributed by atoms with Gasteiger partial charge in [0.25, 0.3) is 0 Å². The van der Waals surface area contributed by atoms with E-state index in [2.05, 4.69) is 31.9 Å². The van der Waals surface area contributed by atoms with Gasteiger partial charge in [0.05, 0.1) is 4.47 Å². The van der Waals surface area contributed by atoms with Crippen molar-refractivity contribution < 1.29 is 14.3 Å². The average molecular weight is 386 g/mol. The van der Waals surface area contributed by atoms with Gasteiger partial charge in [-0.1, -0.05) is 22.0 Å². The summed E-state index contributed by atoms with van der Waals surface area (Å²) in [7, 11) is 0. The second-order valence-corrected chi connectivity index (χ2v) is 5.69. The Bertz CT molecular complexity index is 657. The number of halogens is 2. The van der Waals surface area contributed by atoms with Crippen LogP contribution in [0, 0.1) is 6.92 Å². The molecule has 0 saturated heterocycles. The summed E-state index contributed by atoms with van der Waals surface area (Å²) in [6, 6.07) is 7.67. The van der Waals surface area contributed by atoms with Crippen LogP contribution >= 0.6 is 31.9 Å². The predicted molar refractivity (Wildman–Crippen MR) is 81.0 cm³/mol. The Hall–Kier alpha value is -1.33. The van der Waals surface area contributed by atoms with Gasteiger partial charge in [-0.15, -0.1) is 0 Å². The Labute approximate surface area is 127 Å². The largest absolute Gasteiger partial charge is 0.478 e. The van der Waals surface area contributed by atoms with Crippen molar-refractivity contribution in [1.82, 2.24) is 0 Å². The van der Waals surface area contributed by atoms with Crippen molar-refractivity contribution in [2.24, 2.45) is 0 Å². The van der Waals surface area contributed by atoms with Crippen LogP contribution < -0.4 is 0 Å². The Morgan fingerprint density at radius 1 is 1.26 bits per heavy atom. The van der Waals surface area contributed by atoms with E-state index < -0.39 is 5.97 Å². The van der Waals surface area contributed by atoms with Crippen molar-refractivity contribution >= 4 is 43.9 Å². The van der Waals surface area contributed by atoms with Crippen LogP contribution in [-0.4, -0.2) is 11.1 Å². The molecule has 0 bridgehead atoms. The highest BCUT2D eigenvalue weighted by molar-refractivity contribution is 9.11. The molecule has 0 fully saturated rings. The fourth-order valence-electron chi connectivity index (χ4n) is 1.61. The summed E-state index contributed by atoms with van der Waals surface area (Å²) < 4.78 is 7.35. The molecule has 1 N–H and O–H groups in total. The van der Waals surface area contributed by atoms with Gasteiger partial charge in [0.1, 0.15) is 11.5 Å². The van der Waals surface area contributed by atoms with E-state index in [9.17, 15) is 4.79 Å². The molecule has 0 saturated carbocycles. The molecule has 0 aliphatic heterocycles. The van der Waals surface area contributed by atoms with Gasteiger partial charge in [-0.05, 0) is 52.7 Å². The highest BCUT2D eigenvalue weighted by Crippen LogP contribution is 2.36. The van der Waals surface area contributed by atoms with Crippen LogP contribution in [0.4, 0.5) is 0 Å². The lowest BCUT2D eigenvalue weighted by Crippen LogP contribution is -1.84. The highest BCUT2D eigenvalue weighted by Gasteiger charge is 2.13. The van der Waals surface area contributed by atoms with Crippen molar-refractivity contribution in [2.45, 2.75) is 6.92 Å². The van der Waals surface area contributed by atoms with Crippen LogP contribution in [-0.2, 0) is 4.79 Å². The van der Waals surface area contributed by atoms with Gasteiger partial charge in [-0.25, -0.2) is 4.79 Å². The SMILES string of the molecule is Cc1ccc(-c2oc(/C=C/C(=O)O)cc2Br)c(Br)c1. The average Bonchev–Trinajstić information content (AvgIpc) is 2.68. The molecule has 5 heteroatoms. The van der Waals surface area contributed by atoms with Crippen molar-refractivity contribution in [2.75, 3.05) is 0 Å². The molecule has 19 heavy (non-hydrogen) atoms. The first-order valence-electron chi connectivity index (χ1n) is 5.44. The van der Waals surface area contributed by atoms with Crippen LogP contribution in [0.25, 0.3) is 17.4 Å². The number of hydrogen-bond donors (Lipinski definition) is 1. The van der Waals surface area contributed by atoms with Crippen LogP contribution in [0.2, 0.25) is 0 Å². The molecule has 0 atom stereocenters. The second-order valence-electron chi connectivity index (χ2n) is 3.98. The summed E-state index contributed by atoms with van der Waals surface area (Å²) in [6.07, 6.45) is 2.46. The lowest BCUT2D eigenvalue weighted by atomic mass is 10.1. The molecule has 0 unspecified atom stereocenters. The topological polar surface area (TPSA) is 50.4 Å². The third-order valence-corrected chi connectivity index (χ3v) is 3.71. The standard InChI is InChI=1S/C14H10Br2O3/c1-8-2-4-10(11(15)6-8)14-12(16)7-9(19-14)3-5-13(17)18/h2-7H,1H3,(H,17,18)/b5-3+. The minimum absolute atomic E-state index is 0.483. The van der Waals surface area contributed by atoms with Gasteiger partial charge >= 0.3 is 5.97 Å². The van der Waals surface area contributed by atoms with Gasteiger partial charge in [0.15, 0.2) is 0 Å². The number of carbonyl (C=O) groups is 1. The maximum Gasteiger partial charge on any atom is 0.328 e. The zero-order chi connectivity index (χ0) is 14.0. The Balaban J connectivity index is 2.43. The molecule has 98 valence electrons. The van der Waals surface area contributed by atoms with Crippen LogP contribution in [0.3, 0.4) is 0 Å². The minimum atomic E-state index is -1.01. The maximum absolute atomic E-state index is 10.5. The molecule has 2 rings (SSSR count). The lowest BCUT2D eigenvalue weighted by molar-refractivity contribution is -0.131. The van der Waals surface area contributed by atoms with Gasteiger partial charge in [0, 0.05) is 16.1 Å². The monoisotopic (exact) mass is 384 g/mol. The quantitative estimate of drug-likeness (QED) is 0.766. The predicted octanol–water partition coefficient (Wildman–Crippen LogP) is 4.88. The Morgan fingerprint density at radius 2 is 2.00 bits per heavy atom. The van der Waals surface area contributed by atoms with E-state index in [1.54, 1.807) is 6.07 Å². The van der Waals surface area contributed by atoms with E-state index in [0.29, 0.717) is 11.5 Å². The molecule has 0 radical (unpaired) electrons. The Kier molecular flexibility index (Phi) is 4.27. The normalized spacial score (nSPS) is 11.1. The highest BCUT2D eigenvalue weighted by atomic mass is 79.9. The van der Waals surface area contributed by atoms with E-state index >= 15 is 0 Å². The fourth-order valence-corrected chi connectivity index (χ4v) is 2.80. The smallest absolute Gasteiger partial charge is 0.328 e. The molecule has 2 aromatic rings. The molecule has 0 aliphatic rings. The minimum Gasteiger partial charge on any atom is -0.478 e. The number of aryl methyl sites for hydroxylation is 1. The summed E-state index contributed by atoms with van der Waals surface area (Å²) in [5.74, 6) is 0.138. The number of carboxylic acids is 1. The van der Waals surface area contributed by atoms with Gasteiger partial charge in [-0.3, -0.25) is 0 Å². The van der Waals surface area contributed by atoms with E-state index in [0.717, 1.165) is 26.1 Å². The molecule has 0 spiro atoms. The second kappa shape index (κ2) is 5.75. The fraction of sp³-hybridized carbons (Fsp3) is 0.0714. The molecular formula is C14H10Br2O3. The van der Waals surface area contributed by atoms with Gasteiger partial charge in [-0.2, -0.15) is 0 Å². The summed E-state index contributed by atoms with van der Waals surface area (Å²) in [5, 5.41) is 8.59. The lowest BCUT2D eigenvalue weighted by Gasteiger charge is -2.03. The van der Waals surface area contributed by atoms with Crippen molar-refractivity contribution in [1.29, 1.82) is 0 Å². The number of furan rings is 1. The number of benzene rings is 1. The van der Waals surface area contributed by atoms with Gasteiger partial charge < -0.3 is 9.52 Å². The summed E-state index contributed by atoms with van der Waals surface area (Å²) in [5.41, 5.74) is 2.05. The molecule has 1 aromatic heterocycles. The van der Waals surface area contributed by atoms with Crippen molar-refractivity contribution in [3.63, 3.8) is 0 Å². The molecule has 1 aromatic carbocycles. The summed E-state index contributed by atoms with van der Waals surface area (Å²) in [6.45, 7) is 2.01. The van der Waals surface area contributed by atoms with E-state index in [-0.39, 0.29) is 0 Å². The summed E-state index contributed by atoms with van der Waals surface area (Å²) >= 11 is 6.91. The van der Waals surface area contributed by atoms with Crippen LogP contribution in [0.1, 0.15) is 11.3 Å². The van der Waals surface area contributed by atoms with E-state index in [1.165, 1.54) is 6.08 Å². The van der Waals surface area contributed by atoms with Crippen molar-refractivity contribution in [3.8, 4) is 11.3 Å². The summed E-state index contributed by atoms with van der Waals surface area (Å²) in [4.78, 5) is 10.5. The molecule has 1 heterocycles. The number of carboxylic acid groups (broad SMARTS) is 1. The Morgan fingerprint density at radius 3 is 2.63 bits per heavy atom. The first kappa shape index (κ1) is 14.1. The molecule has 0 amide bonds. The van der Waals surface area contributed by atoms with Crippen molar-refractivity contribution in [3.05, 3.63) is 50.6 Å². The maximum atomic E-state index is 10.5. The zero-order valence-electron chi connectivity index (χ0n) is 9.98. The molecule has 3 nitrogen and oxygen atoms in total. The number of aliphatic carboxylic acids is 1. The molecule has 0 aliphatic carbocycles. The molecular weight excluding hydrogens is 376 g/mol. The first-order chi connectivity index (χ1) is 8.97. The third kappa shape index (κ3) is 3.36. The number of hydrogen-bond acceptors (Lipinski definition) is 2. The van der Waals surface area contributed by atoms with E-state index in [1.807, 2.05) is 25.1 Å². The van der Waals surface area contributed by atoms with Crippen LogP contribution in [0.5, 0.6) is 0 Å². The van der Waals surface area contributed by atoms with Crippen LogP contribution in [0.15, 0.2) is 43.7 Å². The van der Waals surface area contributed by atoms with Gasteiger partial charge in [0.2, 0.25) is 0 Å². The first-order valence-corrected chi connectivity index (χ1v) is 7.03.